The van der Waals surface area contributed by atoms with E-state index < -0.39 is 28.5 Å². The second-order valence-electron chi connectivity index (χ2n) is 13.5. The fraction of sp³-hybridized carbons (Fsp3) is 0.444. The summed E-state index contributed by atoms with van der Waals surface area (Å²) >= 11 is 3.51. The zero-order valence-electron chi connectivity index (χ0n) is 26.0. The number of rotatable bonds is 11. The minimum atomic E-state index is -3.82. The molecule has 1 unspecified atom stereocenters. The molecule has 4 aliphatic rings. The molecule has 0 saturated heterocycles. The Morgan fingerprint density at radius 3 is 2.04 bits per heavy atom. The van der Waals surface area contributed by atoms with Crippen molar-refractivity contribution in [2.24, 2.45) is 17.8 Å². The Balaban J connectivity index is 1.29. The highest BCUT2D eigenvalue weighted by molar-refractivity contribution is 9.10. The van der Waals surface area contributed by atoms with Gasteiger partial charge in [0.25, 0.3) is 0 Å². The van der Waals surface area contributed by atoms with Gasteiger partial charge in [0.15, 0.2) is 0 Å². The van der Waals surface area contributed by atoms with Gasteiger partial charge in [-0.3, -0.25) is 13.9 Å². The molecule has 4 bridgehead atoms. The summed E-state index contributed by atoms with van der Waals surface area (Å²) in [6.45, 7) is -0.266. The molecule has 4 aliphatic carbocycles. The number of carbonyl (C=O) groups is 2. The highest BCUT2D eigenvalue weighted by Gasteiger charge is 2.51. The molecule has 7 nitrogen and oxygen atoms in total. The lowest BCUT2D eigenvalue weighted by Crippen LogP contribution is -2.52. The first kappa shape index (κ1) is 31.8. The van der Waals surface area contributed by atoms with Gasteiger partial charge in [-0.05, 0) is 103 Å². The molecule has 2 amide bonds. The lowest BCUT2D eigenvalue weighted by molar-refractivity contribution is -0.139. The van der Waals surface area contributed by atoms with E-state index in [0.29, 0.717) is 12.1 Å². The van der Waals surface area contributed by atoms with Gasteiger partial charge in [0.2, 0.25) is 21.8 Å². The Kier molecular flexibility index (Phi) is 9.12. The molecule has 1 N–H and O–H groups in total. The predicted molar refractivity (Wildman–Crippen MR) is 181 cm³/mol. The van der Waals surface area contributed by atoms with Gasteiger partial charge in [-0.2, -0.15) is 0 Å². The number of benzene rings is 3. The smallest absolute Gasteiger partial charge is 0.244 e. The van der Waals surface area contributed by atoms with E-state index in [-0.39, 0.29) is 17.9 Å². The zero-order chi connectivity index (χ0) is 31.8. The van der Waals surface area contributed by atoms with E-state index in [1.165, 1.54) is 53.3 Å². The van der Waals surface area contributed by atoms with Crippen molar-refractivity contribution >= 4 is 43.5 Å². The summed E-state index contributed by atoms with van der Waals surface area (Å²) in [6, 6.07) is 24.2. The van der Waals surface area contributed by atoms with Crippen LogP contribution in [0.15, 0.2) is 83.3 Å². The van der Waals surface area contributed by atoms with E-state index in [0.717, 1.165) is 39.6 Å². The molecular formula is C36H42BrN3O4S. The third-order valence-corrected chi connectivity index (χ3v) is 11.9. The van der Waals surface area contributed by atoms with Crippen LogP contribution >= 0.6 is 15.9 Å². The number of hydrogen-bond acceptors (Lipinski definition) is 4. The van der Waals surface area contributed by atoms with Gasteiger partial charge < -0.3 is 10.2 Å². The summed E-state index contributed by atoms with van der Waals surface area (Å²) in [5.41, 5.74) is 3.67. The van der Waals surface area contributed by atoms with Crippen molar-refractivity contribution < 1.29 is 18.0 Å². The molecule has 4 fully saturated rings. The minimum absolute atomic E-state index is 0.145. The van der Waals surface area contributed by atoms with Crippen molar-refractivity contribution in [1.29, 1.82) is 0 Å². The second-order valence-corrected chi connectivity index (χ2v) is 16.3. The molecular weight excluding hydrogens is 650 g/mol. The van der Waals surface area contributed by atoms with E-state index in [9.17, 15) is 18.0 Å². The van der Waals surface area contributed by atoms with Gasteiger partial charge >= 0.3 is 0 Å². The molecule has 0 radical (unpaired) electrons. The Bertz CT molecular complexity index is 1610. The number of nitrogens with zero attached hydrogens (tertiary/aromatic N) is 2. The first-order valence-corrected chi connectivity index (χ1v) is 18.5. The summed E-state index contributed by atoms with van der Waals surface area (Å²) in [7, 11) is -2.26. The van der Waals surface area contributed by atoms with Crippen LogP contribution in [0.25, 0.3) is 0 Å². The zero-order valence-corrected chi connectivity index (χ0v) is 28.4. The Labute approximate surface area is 275 Å². The van der Waals surface area contributed by atoms with Crippen molar-refractivity contribution in [3.8, 4) is 0 Å². The van der Waals surface area contributed by atoms with Crippen LogP contribution in [-0.2, 0) is 38.0 Å². The molecule has 3 aromatic carbocycles. The van der Waals surface area contributed by atoms with Crippen LogP contribution in [0.3, 0.4) is 0 Å². The van der Waals surface area contributed by atoms with Crippen LogP contribution in [0.2, 0.25) is 0 Å². The Morgan fingerprint density at radius 2 is 1.49 bits per heavy atom. The van der Waals surface area contributed by atoms with Gasteiger partial charge in [0.1, 0.15) is 12.6 Å². The van der Waals surface area contributed by atoms with Crippen molar-refractivity contribution in [2.45, 2.75) is 62.9 Å². The van der Waals surface area contributed by atoms with Crippen molar-refractivity contribution in [3.63, 3.8) is 0 Å². The van der Waals surface area contributed by atoms with Crippen LogP contribution in [0.5, 0.6) is 0 Å². The maximum atomic E-state index is 14.2. The molecule has 1 atom stereocenters. The Morgan fingerprint density at radius 1 is 0.889 bits per heavy atom. The van der Waals surface area contributed by atoms with Crippen molar-refractivity contribution in [1.82, 2.24) is 10.2 Å². The van der Waals surface area contributed by atoms with Crippen LogP contribution < -0.4 is 9.62 Å². The Hall–Kier alpha value is -3.17. The number of nitrogens with one attached hydrogen (secondary N) is 1. The first-order chi connectivity index (χ1) is 21.5. The number of halogens is 1. The molecule has 4 saturated carbocycles. The monoisotopic (exact) mass is 691 g/mol. The number of amides is 2. The molecule has 9 heteroatoms. The molecule has 3 aromatic rings. The fourth-order valence-corrected chi connectivity index (χ4v) is 9.91. The average molecular weight is 693 g/mol. The third kappa shape index (κ3) is 6.99. The molecule has 0 spiro atoms. The lowest BCUT2D eigenvalue weighted by atomic mass is 9.48. The van der Waals surface area contributed by atoms with E-state index in [1.54, 1.807) is 7.05 Å². The van der Waals surface area contributed by atoms with E-state index in [2.05, 4.69) is 33.4 Å². The molecule has 238 valence electrons. The number of anilines is 1. The predicted octanol–water partition coefficient (Wildman–Crippen LogP) is 6.07. The first-order valence-electron chi connectivity index (χ1n) is 15.9. The van der Waals surface area contributed by atoms with Crippen LogP contribution in [0, 0.1) is 17.8 Å². The minimum Gasteiger partial charge on any atom is -0.357 e. The van der Waals surface area contributed by atoms with E-state index in [4.69, 9.17) is 0 Å². The largest absolute Gasteiger partial charge is 0.357 e. The fourth-order valence-electron chi connectivity index (χ4n) is 8.61. The molecule has 0 aliphatic heterocycles. The molecule has 0 aromatic heterocycles. The summed E-state index contributed by atoms with van der Waals surface area (Å²) in [6.07, 6.45) is 9.17. The quantitative estimate of drug-likeness (QED) is 0.265. The second kappa shape index (κ2) is 12.9. The standard InChI is InChI=1S/C36H42BrN3O4S/c1-38-35(42)33(19-25-7-4-3-5-8-25)39(23-26-9-6-10-31(37)18-26)34(41)24-40(45(2,43)44)32-13-11-30(12-14-32)36-20-27-15-28(21-36)17-29(16-27)22-36/h3-14,18,27-29,33H,15-17,19-24H2,1-2H3,(H,38,42). The summed E-state index contributed by atoms with van der Waals surface area (Å²) < 4.78 is 28.5. The SMILES string of the molecule is CNC(=O)C(Cc1ccccc1)N(Cc1cccc(Br)c1)C(=O)CN(c1ccc(C23CC4CC(CC(C4)C2)C3)cc1)S(C)(=O)=O. The summed E-state index contributed by atoms with van der Waals surface area (Å²) in [5, 5.41) is 2.72. The van der Waals surface area contributed by atoms with Gasteiger partial charge in [0, 0.05) is 24.5 Å². The van der Waals surface area contributed by atoms with Crippen molar-refractivity contribution in [2.75, 3.05) is 24.2 Å². The highest BCUT2D eigenvalue weighted by Crippen LogP contribution is 2.60. The summed E-state index contributed by atoms with van der Waals surface area (Å²) in [5.74, 6) is 1.66. The van der Waals surface area contributed by atoms with Gasteiger partial charge in [-0.1, -0.05) is 70.5 Å². The van der Waals surface area contributed by atoms with Gasteiger partial charge in [-0.25, -0.2) is 8.42 Å². The van der Waals surface area contributed by atoms with E-state index in [1.807, 2.05) is 66.7 Å². The number of carbonyl (C=O) groups excluding carboxylic acids is 2. The normalized spacial score (nSPS) is 24.2. The number of sulfonamides is 1. The maximum absolute atomic E-state index is 14.2. The van der Waals surface area contributed by atoms with Crippen LogP contribution in [-0.4, -0.2) is 51.0 Å². The summed E-state index contributed by atoms with van der Waals surface area (Å²) in [4.78, 5) is 29.1. The lowest BCUT2D eigenvalue weighted by Gasteiger charge is -2.57. The number of likely N-dealkylation sites (N-methyl/N-ethyl adjacent to an activating group) is 1. The van der Waals surface area contributed by atoms with Gasteiger partial charge in [-0.15, -0.1) is 0 Å². The number of hydrogen-bond donors (Lipinski definition) is 1. The molecule has 0 heterocycles. The highest BCUT2D eigenvalue weighted by atomic mass is 79.9. The van der Waals surface area contributed by atoms with Crippen LogP contribution in [0.1, 0.15) is 55.2 Å². The third-order valence-electron chi connectivity index (χ3n) is 10.2. The average Bonchev–Trinajstić information content (AvgIpc) is 3.00. The van der Waals surface area contributed by atoms with Gasteiger partial charge in [0.05, 0.1) is 11.9 Å². The maximum Gasteiger partial charge on any atom is 0.244 e. The molecule has 7 rings (SSSR count). The topological polar surface area (TPSA) is 86.8 Å². The van der Waals surface area contributed by atoms with Crippen LogP contribution in [0.4, 0.5) is 5.69 Å². The van der Waals surface area contributed by atoms with E-state index >= 15 is 0 Å². The molecule has 45 heavy (non-hydrogen) atoms. The van der Waals surface area contributed by atoms with Crippen molar-refractivity contribution in [3.05, 3.63) is 100 Å².